The number of nitrogens with zero attached hydrogens (tertiary/aromatic N) is 2. The predicted octanol–water partition coefficient (Wildman–Crippen LogP) is 2.01. The molecular formula is C13H17N3O. The average molecular weight is 231 g/mol. The van der Waals surface area contributed by atoms with Crippen molar-refractivity contribution in [3.05, 3.63) is 24.3 Å². The Morgan fingerprint density at radius 1 is 1.35 bits per heavy atom. The Morgan fingerprint density at radius 2 is 2.18 bits per heavy atom. The van der Waals surface area contributed by atoms with Gasteiger partial charge in [0.25, 0.3) is 6.01 Å². The number of oxazole rings is 1. The lowest BCUT2D eigenvalue weighted by molar-refractivity contribution is 0.399. The third-order valence-corrected chi connectivity index (χ3v) is 3.29. The zero-order chi connectivity index (χ0) is 11.8. The van der Waals surface area contributed by atoms with E-state index in [0.29, 0.717) is 12.1 Å². The minimum Gasteiger partial charge on any atom is -0.423 e. The van der Waals surface area contributed by atoms with E-state index in [-0.39, 0.29) is 0 Å². The number of anilines is 1. The zero-order valence-corrected chi connectivity index (χ0v) is 10.2. The summed E-state index contributed by atoms with van der Waals surface area (Å²) >= 11 is 0. The maximum Gasteiger partial charge on any atom is 0.298 e. The molecule has 0 bridgehead atoms. The van der Waals surface area contributed by atoms with Gasteiger partial charge >= 0.3 is 0 Å². The van der Waals surface area contributed by atoms with Gasteiger partial charge in [0.2, 0.25) is 0 Å². The maximum absolute atomic E-state index is 5.81. The molecule has 1 saturated heterocycles. The van der Waals surface area contributed by atoms with E-state index in [1.807, 2.05) is 24.3 Å². The van der Waals surface area contributed by atoms with Gasteiger partial charge in [-0.05, 0) is 26.0 Å². The molecule has 2 unspecified atom stereocenters. The molecule has 1 aromatic heterocycles. The minimum absolute atomic E-state index is 0.416. The van der Waals surface area contributed by atoms with Crippen LogP contribution in [0.15, 0.2) is 28.7 Å². The molecule has 4 nitrogen and oxygen atoms in total. The summed E-state index contributed by atoms with van der Waals surface area (Å²) in [6.07, 6.45) is 0. The standard InChI is InChI=1S/C13H17N3O/c1-9-8-16(10(2)7-14-9)13-15-11-5-3-4-6-12(11)17-13/h3-6,9-10,14H,7-8H2,1-2H3. The summed E-state index contributed by atoms with van der Waals surface area (Å²) < 4.78 is 5.81. The Bertz CT molecular complexity index is 489. The van der Waals surface area contributed by atoms with Gasteiger partial charge in [-0.25, -0.2) is 0 Å². The van der Waals surface area contributed by atoms with Crippen LogP contribution in [-0.2, 0) is 0 Å². The van der Waals surface area contributed by atoms with Crippen LogP contribution in [0.25, 0.3) is 11.1 Å². The van der Waals surface area contributed by atoms with Gasteiger partial charge in [0.15, 0.2) is 5.58 Å². The van der Waals surface area contributed by atoms with E-state index in [4.69, 9.17) is 4.42 Å². The fourth-order valence-electron chi connectivity index (χ4n) is 2.27. The van der Waals surface area contributed by atoms with E-state index in [0.717, 1.165) is 30.2 Å². The summed E-state index contributed by atoms with van der Waals surface area (Å²) in [5.74, 6) is 0. The molecule has 1 N–H and O–H groups in total. The lowest BCUT2D eigenvalue weighted by Crippen LogP contribution is -2.54. The van der Waals surface area contributed by atoms with Crippen LogP contribution in [0.3, 0.4) is 0 Å². The number of para-hydroxylation sites is 2. The molecule has 2 heterocycles. The van der Waals surface area contributed by atoms with Crippen molar-refractivity contribution in [3.63, 3.8) is 0 Å². The number of aromatic nitrogens is 1. The number of nitrogens with one attached hydrogen (secondary N) is 1. The van der Waals surface area contributed by atoms with Crippen molar-refractivity contribution in [2.75, 3.05) is 18.0 Å². The Kier molecular flexibility index (Phi) is 2.52. The molecule has 0 saturated carbocycles. The highest BCUT2D eigenvalue weighted by atomic mass is 16.4. The smallest absolute Gasteiger partial charge is 0.298 e. The highest BCUT2D eigenvalue weighted by molar-refractivity contribution is 5.74. The van der Waals surface area contributed by atoms with Crippen LogP contribution >= 0.6 is 0 Å². The number of benzene rings is 1. The normalized spacial score (nSPS) is 25.4. The number of rotatable bonds is 1. The fourth-order valence-corrected chi connectivity index (χ4v) is 2.27. The third kappa shape index (κ3) is 1.89. The van der Waals surface area contributed by atoms with Crippen LogP contribution in [0.5, 0.6) is 0 Å². The first-order valence-electron chi connectivity index (χ1n) is 6.09. The van der Waals surface area contributed by atoms with E-state index in [9.17, 15) is 0 Å². The predicted molar refractivity (Wildman–Crippen MR) is 68.3 cm³/mol. The van der Waals surface area contributed by atoms with Crippen molar-refractivity contribution in [1.29, 1.82) is 0 Å². The van der Waals surface area contributed by atoms with Crippen LogP contribution in [0.4, 0.5) is 6.01 Å². The third-order valence-electron chi connectivity index (χ3n) is 3.29. The highest BCUT2D eigenvalue weighted by Gasteiger charge is 2.26. The number of hydrogen-bond acceptors (Lipinski definition) is 4. The lowest BCUT2D eigenvalue weighted by Gasteiger charge is -2.36. The second kappa shape index (κ2) is 4.04. The molecule has 17 heavy (non-hydrogen) atoms. The topological polar surface area (TPSA) is 41.3 Å². The molecule has 1 aliphatic rings. The monoisotopic (exact) mass is 231 g/mol. The van der Waals surface area contributed by atoms with E-state index in [1.54, 1.807) is 0 Å². The van der Waals surface area contributed by atoms with Crippen molar-refractivity contribution in [3.8, 4) is 0 Å². The van der Waals surface area contributed by atoms with Crippen LogP contribution in [-0.4, -0.2) is 30.2 Å². The molecule has 2 aromatic rings. The SMILES string of the molecule is CC1CN(c2nc3ccccc3o2)C(C)CN1. The molecule has 0 spiro atoms. The Hall–Kier alpha value is -1.55. The van der Waals surface area contributed by atoms with Crippen molar-refractivity contribution in [1.82, 2.24) is 10.3 Å². The molecule has 1 aromatic carbocycles. The Labute approximate surface area is 101 Å². The van der Waals surface area contributed by atoms with E-state index < -0.39 is 0 Å². The van der Waals surface area contributed by atoms with Gasteiger partial charge in [-0.1, -0.05) is 12.1 Å². The lowest BCUT2D eigenvalue weighted by atomic mass is 10.1. The van der Waals surface area contributed by atoms with Crippen LogP contribution < -0.4 is 10.2 Å². The van der Waals surface area contributed by atoms with E-state index in [1.165, 1.54) is 0 Å². The first-order valence-corrected chi connectivity index (χ1v) is 6.09. The molecule has 0 aliphatic carbocycles. The van der Waals surface area contributed by atoms with Crippen molar-refractivity contribution in [2.45, 2.75) is 25.9 Å². The second-order valence-corrected chi connectivity index (χ2v) is 4.77. The van der Waals surface area contributed by atoms with Gasteiger partial charge in [-0.3, -0.25) is 0 Å². The van der Waals surface area contributed by atoms with Crippen molar-refractivity contribution in [2.24, 2.45) is 0 Å². The summed E-state index contributed by atoms with van der Waals surface area (Å²) in [5, 5.41) is 3.45. The fraction of sp³-hybridized carbons (Fsp3) is 0.462. The molecule has 0 amide bonds. The average Bonchev–Trinajstić information content (AvgIpc) is 2.75. The molecule has 1 fully saturated rings. The Balaban J connectivity index is 1.96. The summed E-state index contributed by atoms with van der Waals surface area (Å²) in [5.41, 5.74) is 1.79. The summed E-state index contributed by atoms with van der Waals surface area (Å²) in [4.78, 5) is 6.79. The first kappa shape index (κ1) is 10.6. The van der Waals surface area contributed by atoms with Crippen LogP contribution in [0.1, 0.15) is 13.8 Å². The molecular weight excluding hydrogens is 214 g/mol. The molecule has 0 radical (unpaired) electrons. The van der Waals surface area contributed by atoms with E-state index in [2.05, 4.69) is 29.0 Å². The van der Waals surface area contributed by atoms with Gasteiger partial charge in [0.1, 0.15) is 5.52 Å². The first-order chi connectivity index (χ1) is 8.24. The highest BCUT2D eigenvalue weighted by Crippen LogP contribution is 2.24. The number of fused-ring (bicyclic) bond motifs is 1. The second-order valence-electron chi connectivity index (χ2n) is 4.77. The van der Waals surface area contributed by atoms with E-state index >= 15 is 0 Å². The summed E-state index contributed by atoms with van der Waals surface area (Å²) in [6.45, 7) is 6.28. The summed E-state index contributed by atoms with van der Waals surface area (Å²) in [6, 6.07) is 9.54. The maximum atomic E-state index is 5.81. The quantitative estimate of drug-likeness (QED) is 0.815. The van der Waals surface area contributed by atoms with Crippen molar-refractivity contribution >= 4 is 17.1 Å². The van der Waals surface area contributed by atoms with Gasteiger partial charge < -0.3 is 14.6 Å². The molecule has 3 rings (SSSR count). The summed E-state index contributed by atoms with van der Waals surface area (Å²) in [7, 11) is 0. The van der Waals surface area contributed by atoms with Gasteiger partial charge in [0.05, 0.1) is 0 Å². The van der Waals surface area contributed by atoms with Gasteiger partial charge in [-0.2, -0.15) is 4.98 Å². The minimum atomic E-state index is 0.416. The van der Waals surface area contributed by atoms with Crippen molar-refractivity contribution < 1.29 is 4.42 Å². The molecule has 4 heteroatoms. The largest absolute Gasteiger partial charge is 0.423 e. The van der Waals surface area contributed by atoms with Crippen LogP contribution in [0, 0.1) is 0 Å². The number of piperazine rings is 1. The molecule has 90 valence electrons. The molecule has 1 aliphatic heterocycles. The Morgan fingerprint density at radius 3 is 3.00 bits per heavy atom. The van der Waals surface area contributed by atoms with Gasteiger partial charge in [-0.15, -0.1) is 0 Å². The van der Waals surface area contributed by atoms with Crippen LogP contribution in [0.2, 0.25) is 0 Å². The molecule has 2 atom stereocenters. The number of hydrogen-bond donors (Lipinski definition) is 1. The zero-order valence-electron chi connectivity index (χ0n) is 10.2. The van der Waals surface area contributed by atoms with Gasteiger partial charge in [0, 0.05) is 25.2 Å².